The molecule has 0 bridgehead atoms. The molecule has 8 heteroatoms. The van der Waals surface area contributed by atoms with E-state index < -0.39 is 5.97 Å². The van der Waals surface area contributed by atoms with Crippen molar-refractivity contribution in [3.8, 4) is 23.0 Å². The van der Waals surface area contributed by atoms with Crippen molar-refractivity contribution < 1.29 is 28.5 Å². The first kappa shape index (κ1) is 22.7. The fourth-order valence-corrected chi connectivity index (χ4v) is 3.90. The van der Waals surface area contributed by atoms with E-state index in [1.165, 1.54) is 14.2 Å². The van der Waals surface area contributed by atoms with Gasteiger partial charge < -0.3 is 18.9 Å². The van der Waals surface area contributed by atoms with Gasteiger partial charge in [0.15, 0.2) is 5.76 Å². The Kier molecular flexibility index (Phi) is 6.31. The maximum Gasteiger partial charge on any atom is 0.351 e. The average molecular weight is 485 g/mol. The van der Waals surface area contributed by atoms with Crippen LogP contribution in [0.2, 0.25) is 10.0 Å². The van der Waals surface area contributed by atoms with E-state index >= 15 is 0 Å². The second-order valence-electron chi connectivity index (χ2n) is 7.10. The Hall–Kier alpha value is -3.48. The fraction of sp³-hybridized carbons (Fsp3) is 0.120. The number of esters is 1. The van der Waals surface area contributed by atoms with Crippen LogP contribution in [0.3, 0.4) is 0 Å². The molecular weight excluding hydrogens is 467 g/mol. The van der Waals surface area contributed by atoms with Gasteiger partial charge in [-0.25, -0.2) is 4.79 Å². The first-order valence-electron chi connectivity index (χ1n) is 9.80. The van der Waals surface area contributed by atoms with Gasteiger partial charge >= 0.3 is 5.97 Å². The standard InChI is InChI=1S/C25H18Cl2O6/c1-13-18(33-25(29)22-19(30-2)5-4-6-20(22)31-3)10-9-16-23(28)21(32-24(13)16)11-14-7-8-15(26)12-17(14)27/h4-12H,1-3H3/b21-11-. The summed E-state index contributed by atoms with van der Waals surface area (Å²) in [5.74, 6) is 0.319. The fourth-order valence-electron chi connectivity index (χ4n) is 3.44. The normalized spacial score (nSPS) is 13.5. The highest BCUT2D eigenvalue weighted by molar-refractivity contribution is 6.35. The van der Waals surface area contributed by atoms with E-state index in [9.17, 15) is 9.59 Å². The van der Waals surface area contributed by atoms with Gasteiger partial charge in [-0.1, -0.05) is 35.3 Å². The van der Waals surface area contributed by atoms with Crippen molar-refractivity contribution in [2.24, 2.45) is 0 Å². The zero-order valence-electron chi connectivity index (χ0n) is 17.9. The van der Waals surface area contributed by atoms with Gasteiger partial charge in [-0.2, -0.15) is 0 Å². The van der Waals surface area contributed by atoms with Gasteiger partial charge in [-0.3, -0.25) is 4.79 Å². The highest BCUT2D eigenvalue weighted by Gasteiger charge is 2.31. The second-order valence-corrected chi connectivity index (χ2v) is 7.94. The summed E-state index contributed by atoms with van der Waals surface area (Å²) in [4.78, 5) is 25.8. The number of hydrogen-bond acceptors (Lipinski definition) is 6. The minimum Gasteiger partial charge on any atom is -0.496 e. The van der Waals surface area contributed by atoms with Gasteiger partial charge in [-0.05, 0) is 55.0 Å². The summed E-state index contributed by atoms with van der Waals surface area (Å²) in [6.07, 6.45) is 1.55. The van der Waals surface area contributed by atoms with Crippen LogP contribution in [0.1, 0.15) is 31.8 Å². The molecular formula is C25H18Cl2O6. The molecule has 4 rings (SSSR count). The van der Waals surface area contributed by atoms with Crippen LogP contribution in [0.4, 0.5) is 0 Å². The van der Waals surface area contributed by atoms with E-state index in [0.717, 1.165) is 0 Å². The molecule has 1 heterocycles. The molecule has 1 aliphatic rings. The van der Waals surface area contributed by atoms with Crippen LogP contribution in [0.25, 0.3) is 6.08 Å². The molecule has 0 fully saturated rings. The smallest absolute Gasteiger partial charge is 0.351 e. The third kappa shape index (κ3) is 4.27. The zero-order chi connectivity index (χ0) is 23.7. The number of hydrogen-bond donors (Lipinski definition) is 0. The number of methoxy groups -OCH3 is 2. The molecule has 0 saturated carbocycles. The number of carbonyl (C=O) groups excluding carboxylic acids is 2. The number of ether oxygens (including phenoxy) is 4. The van der Waals surface area contributed by atoms with Crippen LogP contribution < -0.4 is 18.9 Å². The predicted octanol–water partition coefficient (Wildman–Crippen LogP) is 6.15. The lowest BCUT2D eigenvalue weighted by Crippen LogP contribution is -2.12. The van der Waals surface area contributed by atoms with E-state index in [-0.39, 0.29) is 22.9 Å². The Morgan fingerprint density at radius 1 is 0.970 bits per heavy atom. The Labute approximate surface area is 200 Å². The molecule has 0 radical (unpaired) electrons. The summed E-state index contributed by atoms with van der Waals surface area (Å²) < 4.78 is 22.0. The van der Waals surface area contributed by atoms with E-state index in [2.05, 4.69) is 0 Å². The van der Waals surface area contributed by atoms with Crippen molar-refractivity contribution in [2.75, 3.05) is 14.2 Å². The molecule has 6 nitrogen and oxygen atoms in total. The van der Waals surface area contributed by atoms with Crippen molar-refractivity contribution in [1.82, 2.24) is 0 Å². The summed E-state index contributed by atoms with van der Waals surface area (Å²) in [5, 5.41) is 0.873. The Bertz CT molecular complexity index is 1290. The van der Waals surface area contributed by atoms with E-state index in [1.54, 1.807) is 61.5 Å². The van der Waals surface area contributed by atoms with Crippen LogP contribution in [-0.2, 0) is 0 Å². The molecule has 0 spiro atoms. The van der Waals surface area contributed by atoms with Crippen LogP contribution in [0.5, 0.6) is 23.0 Å². The zero-order valence-corrected chi connectivity index (χ0v) is 19.4. The van der Waals surface area contributed by atoms with Gasteiger partial charge in [0, 0.05) is 15.6 Å². The predicted molar refractivity (Wildman–Crippen MR) is 125 cm³/mol. The van der Waals surface area contributed by atoms with Crippen LogP contribution in [-0.4, -0.2) is 26.0 Å². The number of fused-ring (bicyclic) bond motifs is 1. The molecule has 0 unspecified atom stereocenters. The summed E-state index contributed by atoms with van der Waals surface area (Å²) in [6, 6.07) is 13.0. The molecule has 3 aromatic rings. The number of benzene rings is 3. The Morgan fingerprint density at radius 3 is 2.30 bits per heavy atom. The molecule has 168 valence electrons. The van der Waals surface area contributed by atoms with Gasteiger partial charge in [0.1, 0.15) is 28.6 Å². The van der Waals surface area contributed by atoms with E-state index in [1.807, 2.05) is 0 Å². The van der Waals surface area contributed by atoms with Gasteiger partial charge in [0.2, 0.25) is 5.78 Å². The molecule has 0 saturated heterocycles. The second kappa shape index (κ2) is 9.17. The Balaban J connectivity index is 1.65. The lowest BCUT2D eigenvalue weighted by molar-refractivity contribution is 0.0726. The third-order valence-electron chi connectivity index (χ3n) is 5.12. The number of Topliss-reactive ketones (excluding diaryl/α,β-unsaturated/α-hetero) is 1. The SMILES string of the molecule is COc1cccc(OC)c1C(=O)Oc1ccc2c(c1C)O/C(=C\c1ccc(Cl)cc1Cl)C2=O. The van der Waals surface area contributed by atoms with Crippen molar-refractivity contribution in [1.29, 1.82) is 0 Å². The van der Waals surface area contributed by atoms with E-state index in [4.69, 9.17) is 42.1 Å². The molecule has 0 N–H and O–H groups in total. The topological polar surface area (TPSA) is 71.1 Å². The van der Waals surface area contributed by atoms with E-state index in [0.29, 0.717) is 44.0 Å². The quantitative estimate of drug-likeness (QED) is 0.245. The number of ketones is 1. The number of allylic oxidation sites excluding steroid dienone is 1. The molecule has 0 atom stereocenters. The van der Waals surface area contributed by atoms with Gasteiger partial charge in [-0.15, -0.1) is 0 Å². The average Bonchev–Trinajstić information content (AvgIpc) is 3.12. The summed E-state index contributed by atoms with van der Waals surface area (Å²) in [5.41, 5.74) is 1.59. The van der Waals surface area contributed by atoms with Gasteiger partial charge in [0.05, 0.1) is 19.8 Å². The molecule has 3 aromatic carbocycles. The first-order valence-corrected chi connectivity index (χ1v) is 10.6. The summed E-state index contributed by atoms with van der Waals surface area (Å²) in [6.45, 7) is 1.70. The highest BCUT2D eigenvalue weighted by Crippen LogP contribution is 2.40. The maximum absolute atomic E-state index is 12.9. The van der Waals surface area contributed by atoms with Crippen LogP contribution >= 0.6 is 23.2 Å². The lowest BCUT2D eigenvalue weighted by Gasteiger charge is -2.14. The summed E-state index contributed by atoms with van der Waals surface area (Å²) >= 11 is 12.2. The van der Waals surface area contributed by atoms with Crippen molar-refractivity contribution in [3.05, 3.63) is 86.6 Å². The minimum absolute atomic E-state index is 0.104. The molecule has 0 aromatic heterocycles. The van der Waals surface area contributed by atoms with Crippen molar-refractivity contribution >= 4 is 41.0 Å². The van der Waals surface area contributed by atoms with Gasteiger partial charge in [0.25, 0.3) is 0 Å². The first-order chi connectivity index (χ1) is 15.8. The Morgan fingerprint density at radius 2 is 1.67 bits per heavy atom. The maximum atomic E-state index is 12.9. The molecule has 33 heavy (non-hydrogen) atoms. The third-order valence-corrected chi connectivity index (χ3v) is 5.68. The lowest BCUT2D eigenvalue weighted by atomic mass is 10.1. The molecule has 1 aliphatic heterocycles. The van der Waals surface area contributed by atoms with Crippen LogP contribution in [0.15, 0.2) is 54.3 Å². The minimum atomic E-state index is -0.666. The largest absolute Gasteiger partial charge is 0.496 e. The number of carbonyl (C=O) groups is 2. The molecule has 0 amide bonds. The van der Waals surface area contributed by atoms with Crippen molar-refractivity contribution in [2.45, 2.75) is 6.92 Å². The number of halogens is 2. The summed E-state index contributed by atoms with van der Waals surface area (Å²) in [7, 11) is 2.90. The number of rotatable bonds is 5. The highest BCUT2D eigenvalue weighted by atomic mass is 35.5. The van der Waals surface area contributed by atoms with Crippen LogP contribution in [0, 0.1) is 6.92 Å². The molecule has 0 aliphatic carbocycles. The van der Waals surface area contributed by atoms with Crippen molar-refractivity contribution in [3.63, 3.8) is 0 Å². The monoisotopic (exact) mass is 484 g/mol.